The van der Waals surface area contributed by atoms with Gasteiger partial charge in [-0.1, -0.05) is 12.5 Å². The third kappa shape index (κ3) is 3.56. The van der Waals surface area contributed by atoms with Crippen LogP contribution in [0.25, 0.3) is 0 Å². The van der Waals surface area contributed by atoms with E-state index in [0.717, 1.165) is 30.5 Å². The Morgan fingerprint density at radius 3 is 2.53 bits per heavy atom. The Bertz CT molecular complexity index is 493. The van der Waals surface area contributed by atoms with Crippen LogP contribution in [0.3, 0.4) is 0 Å². The molecule has 2 N–H and O–H groups in total. The molecule has 1 fully saturated rings. The number of hydrogen-bond donors (Lipinski definition) is 2. The van der Waals surface area contributed by atoms with Crippen molar-refractivity contribution in [3.05, 3.63) is 29.3 Å². The number of anilines is 1. The Balaban J connectivity index is 1.80. The lowest BCUT2D eigenvalue weighted by molar-refractivity contribution is -0.129. The van der Waals surface area contributed by atoms with Crippen LogP contribution in [0.1, 0.15) is 30.4 Å². The van der Waals surface area contributed by atoms with E-state index in [0.29, 0.717) is 0 Å². The van der Waals surface area contributed by atoms with Gasteiger partial charge in [-0.2, -0.15) is 0 Å². The summed E-state index contributed by atoms with van der Waals surface area (Å²) in [5.41, 5.74) is 3.10. The van der Waals surface area contributed by atoms with E-state index in [2.05, 4.69) is 10.6 Å². The van der Waals surface area contributed by atoms with E-state index < -0.39 is 0 Å². The van der Waals surface area contributed by atoms with Crippen LogP contribution in [0.5, 0.6) is 0 Å². The molecule has 0 aliphatic heterocycles. The molecule has 4 nitrogen and oxygen atoms in total. The lowest BCUT2D eigenvalue weighted by Gasteiger charge is -2.23. The quantitative estimate of drug-likeness (QED) is 0.871. The monoisotopic (exact) mass is 260 g/mol. The van der Waals surface area contributed by atoms with E-state index in [9.17, 15) is 9.59 Å². The Morgan fingerprint density at radius 1 is 1.21 bits per heavy atom. The predicted octanol–water partition coefficient (Wildman–Crippen LogP) is 2.16. The first kappa shape index (κ1) is 13.6. The molecule has 1 aromatic carbocycles. The summed E-state index contributed by atoms with van der Waals surface area (Å²) >= 11 is 0. The van der Waals surface area contributed by atoms with Crippen molar-refractivity contribution in [2.45, 2.75) is 33.1 Å². The molecule has 1 aliphatic rings. The van der Waals surface area contributed by atoms with E-state index in [4.69, 9.17) is 0 Å². The standard InChI is InChI=1S/C15H20N2O2/c1-10-6-7-13(8-11(10)2)17-14(18)9-16-15(19)12-4-3-5-12/h6-8,12H,3-5,9H2,1-2H3,(H,16,19)(H,17,18). The van der Waals surface area contributed by atoms with Gasteiger partial charge in [-0.25, -0.2) is 0 Å². The van der Waals surface area contributed by atoms with Gasteiger partial charge in [0.2, 0.25) is 11.8 Å². The van der Waals surface area contributed by atoms with Gasteiger partial charge in [0, 0.05) is 11.6 Å². The zero-order valence-corrected chi connectivity index (χ0v) is 11.5. The molecule has 0 saturated heterocycles. The Hall–Kier alpha value is -1.84. The van der Waals surface area contributed by atoms with Gasteiger partial charge in [-0.15, -0.1) is 0 Å². The van der Waals surface area contributed by atoms with Crippen LogP contribution in [-0.4, -0.2) is 18.4 Å². The minimum atomic E-state index is -0.184. The summed E-state index contributed by atoms with van der Waals surface area (Å²) in [4.78, 5) is 23.3. The first-order chi connectivity index (χ1) is 9.06. The smallest absolute Gasteiger partial charge is 0.243 e. The van der Waals surface area contributed by atoms with Gasteiger partial charge < -0.3 is 10.6 Å². The predicted molar refractivity (Wildman–Crippen MR) is 74.9 cm³/mol. The highest BCUT2D eigenvalue weighted by atomic mass is 16.2. The van der Waals surface area contributed by atoms with E-state index >= 15 is 0 Å². The molecular formula is C15H20N2O2. The van der Waals surface area contributed by atoms with Crippen LogP contribution in [0.15, 0.2) is 18.2 Å². The summed E-state index contributed by atoms with van der Waals surface area (Å²) in [6.07, 6.45) is 3.02. The molecule has 1 aromatic rings. The van der Waals surface area contributed by atoms with Crippen molar-refractivity contribution in [3.8, 4) is 0 Å². The average molecular weight is 260 g/mol. The molecule has 0 aromatic heterocycles. The second kappa shape index (κ2) is 5.87. The van der Waals surface area contributed by atoms with Crippen LogP contribution in [0.2, 0.25) is 0 Å². The van der Waals surface area contributed by atoms with Gasteiger partial charge in [0.1, 0.15) is 0 Å². The maximum atomic E-state index is 11.7. The number of carbonyl (C=O) groups excluding carboxylic acids is 2. The van der Waals surface area contributed by atoms with Crippen LogP contribution < -0.4 is 10.6 Å². The fourth-order valence-corrected chi connectivity index (χ4v) is 2.01. The molecule has 2 rings (SSSR count). The highest BCUT2D eigenvalue weighted by molar-refractivity contribution is 5.94. The number of rotatable bonds is 4. The third-order valence-corrected chi connectivity index (χ3v) is 3.69. The van der Waals surface area contributed by atoms with Gasteiger partial charge in [-0.3, -0.25) is 9.59 Å². The van der Waals surface area contributed by atoms with E-state index in [1.54, 1.807) is 0 Å². The van der Waals surface area contributed by atoms with E-state index in [1.807, 2.05) is 32.0 Å². The number of aryl methyl sites for hydroxylation is 2. The number of benzene rings is 1. The molecule has 4 heteroatoms. The van der Waals surface area contributed by atoms with Crippen molar-refractivity contribution >= 4 is 17.5 Å². The Labute approximate surface area is 113 Å². The van der Waals surface area contributed by atoms with E-state index in [-0.39, 0.29) is 24.3 Å². The Morgan fingerprint density at radius 2 is 1.95 bits per heavy atom. The van der Waals surface area contributed by atoms with Crippen molar-refractivity contribution < 1.29 is 9.59 Å². The minimum absolute atomic E-state index is 0.00138. The van der Waals surface area contributed by atoms with Gasteiger partial charge in [0.15, 0.2) is 0 Å². The highest BCUT2D eigenvalue weighted by Gasteiger charge is 2.25. The molecule has 0 spiro atoms. The van der Waals surface area contributed by atoms with Crippen molar-refractivity contribution in [1.29, 1.82) is 0 Å². The summed E-state index contributed by atoms with van der Waals surface area (Å²) in [5.74, 6) is -0.0631. The average Bonchev–Trinajstić information content (AvgIpc) is 2.29. The molecule has 0 atom stereocenters. The maximum Gasteiger partial charge on any atom is 0.243 e. The SMILES string of the molecule is Cc1ccc(NC(=O)CNC(=O)C2CCC2)cc1C. The van der Waals surface area contributed by atoms with Crippen LogP contribution in [0, 0.1) is 19.8 Å². The van der Waals surface area contributed by atoms with Crippen LogP contribution in [-0.2, 0) is 9.59 Å². The molecule has 2 amide bonds. The van der Waals surface area contributed by atoms with E-state index in [1.165, 1.54) is 5.56 Å². The fourth-order valence-electron chi connectivity index (χ4n) is 2.01. The third-order valence-electron chi connectivity index (χ3n) is 3.69. The molecule has 1 saturated carbocycles. The van der Waals surface area contributed by atoms with Gasteiger partial charge >= 0.3 is 0 Å². The molecule has 102 valence electrons. The number of nitrogens with one attached hydrogen (secondary N) is 2. The molecular weight excluding hydrogens is 240 g/mol. The van der Waals surface area contributed by atoms with Gasteiger partial charge in [0.25, 0.3) is 0 Å². The van der Waals surface area contributed by atoms with Crippen molar-refractivity contribution in [2.24, 2.45) is 5.92 Å². The van der Waals surface area contributed by atoms with Crippen molar-refractivity contribution in [2.75, 3.05) is 11.9 Å². The number of hydrogen-bond acceptors (Lipinski definition) is 2. The topological polar surface area (TPSA) is 58.2 Å². The number of carbonyl (C=O) groups is 2. The zero-order valence-electron chi connectivity index (χ0n) is 11.5. The second-order valence-corrected chi connectivity index (χ2v) is 5.19. The maximum absolute atomic E-state index is 11.7. The molecule has 0 heterocycles. The molecule has 0 bridgehead atoms. The first-order valence-corrected chi connectivity index (χ1v) is 6.71. The summed E-state index contributed by atoms with van der Waals surface area (Å²) in [5, 5.41) is 5.47. The van der Waals surface area contributed by atoms with Crippen molar-refractivity contribution in [3.63, 3.8) is 0 Å². The van der Waals surface area contributed by atoms with Crippen molar-refractivity contribution in [1.82, 2.24) is 5.32 Å². The largest absolute Gasteiger partial charge is 0.347 e. The number of amides is 2. The zero-order chi connectivity index (χ0) is 13.8. The molecule has 0 unspecified atom stereocenters. The molecule has 1 aliphatic carbocycles. The van der Waals surface area contributed by atoms with Crippen LogP contribution in [0.4, 0.5) is 5.69 Å². The fraction of sp³-hybridized carbons (Fsp3) is 0.467. The summed E-state index contributed by atoms with van der Waals surface area (Å²) < 4.78 is 0. The Kier molecular flexibility index (Phi) is 4.20. The summed E-state index contributed by atoms with van der Waals surface area (Å²) in [6, 6.07) is 5.77. The minimum Gasteiger partial charge on any atom is -0.347 e. The van der Waals surface area contributed by atoms with Gasteiger partial charge in [-0.05, 0) is 49.9 Å². The van der Waals surface area contributed by atoms with Crippen LogP contribution >= 0.6 is 0 Å². The first-order valence-electron chi connectivity index (χ1n) is 6.71. The van der Waals surface area contributed by atoms with Gasteiger partial charge in [0.05, 0.1) is 6.54 Å². The molecule has 0 radical (unpaired) electrons. The normalized spacial score (nSPS) is 14.6. The molecule has 19 heavy (non-hydrogen) atoms. The lowest BCUT2D eigenvalue weighted by atomic mass is 9.85. The lowest BCUT2D eigenvalue weighted by Crippen LogP contribution is -2.39. The summed E-state index contributed by atoms with van der Waals surface area (Å²) in [7, 11) is 0. The summed E-state index contributed by atoms with van der Waals surface area (Å²) in [6.45, 7) is 4.07. The highest BCUT2D eigenvalue weighted by Crippen LogP contribution is 2.26. The second-order valence-electron chi connectivity index (χ2n) is 5.19.